The molecule has 0 radical (unpaired) electrons. The Morgan fingerprint density at radius 3 is 2.50 bits per heavy atom. The number of rotatable bonds is 2. The Bertz CT molecular complexity index is 426. The molecule has 2 N–H and O–H groups in total. The normalized spacial score (nSPS) is 32.9. The molecule has 1 aromatic rings. The minimum atomic E-state index is -0.471. The van der Waals surface area contributed by atoms with Crippen molar-refractivity contribution in [1.29, 1.82) is 0 Å². The molecule has 0 unspecified atom stereocenters. The molecule has 0 spiro atoms. The number of nitrogens with one attached hydrogen (secondary N) is 1. The number of fused-ring (bicyclic) bond motifs is 1. The molecule has 0 aromatic heterocycles. The van der Waals surface area contributed by atoms with Gasteiger partial charge in [-0.3, -0.25) is 0 Å². The van der Waals surface area contributed by atoms with Gasteiger partial charge in [0.15, 0.2) is 0 Å². The van der Waals surface area contributed by atoms with E-state index >= 15 is 0 Å². The van der Waals surface area contributed by atoms with Crippen LogP contribution in [-0.4, -0.2) is 16.7 Å². The summed E-state index contributed by atoms with van der Waals surface area (Å²) in [4.78, 5) is 0. The van der Waals surface area contributed by atoms with Crippen LogP contribution in [0.5, 0.6) is 0 Å². The number of aryl methyl sites for hydroxylation is 1. The topological polar surface area (TPSA) is 32.3 Å². The van der Waals surface area contributed by atoms with E-state index in [0.29, 0.717) is 5.92 Å². The minimum absolute atomic E-state index is 0. The van der Waals surface area contributed by atoms with Crippen LogP contribution in [0.25, 0.3) is 0 Å². The summed E-state index contributed by atoms with van der Waals surface area (Å²) in [7, 11) is 0. The largest absolute Gasteiger partial charge is 0.387 e. The second kappa shape index (κ2) is 6.17. The highest BCUT2D eigenvalue weighted by atomic mass is 16.3. The van der Waals surface area contributed by atoms with Gasteiger partial charge in [0.2, 0.25) is 0 Å². The van der Waals surface area contributed by atoms with Crippen molar-refractivity contribution >= 4 is 5.69 Å². The van der Waals surface area contributed by atoms with E-state index in [2.05, 4.69) is 36.5 Å². The molecule has 1 aromatic carbocycles. The molecule has 3 rings (SSSR count). The maximum atomic E-state index is 11.1. The fraction of sp³-hybridized carbons (Fsp3) is 0.667. The van der Waals surface area contributed by atoms with Crippen molar-refractivity contribution < 1.29 is 5.11 Å². The first kappa shape index (κ1) is 15.4. The van der Waals surface area contributed by atoms with Crippen molar-refractivity contribution in [3.05, 3.63) is 29.8 Å². The van der Waals surface area contributed by atoms with Gasteiger partial charge in [-0.1, -0.05) is 44.4 Å². The van der Waals surface area contributed by atoms with E-state index in [1.165, 1.54) is 37.7 Å². The smallest absolute Gasteiger partial charge is 0.0875 e. The molecule has 0 bridgehead atoms. The van der Waals surface area contributed by atoms with E-state index in [1.54, 1.807) is 0 Å². The first-order chi connectivity index (χ1) is 9.18. The quantitative estimate of drug-likeness (QED) is 0.832. The average Bonchev–Trinajstić information content (AvgIpc) is 2.42. The van der Waals surface area contributed by atoms with Gasteiger partial charge >= 0.3 is 0 Å². The first-order valence-corrected chi connectivity index (χ1v) is 7.74. The van der Waals surface area contributed by atoms with Gasteiger partial charge in [0, 0.05) is 5.69 Å². The Morgan fingerprint density at radius 2 is 1.75 bits per heavy atom. The second-order valence-electron chi connectivity index (χ2n) is 6.43. The molecule has 2 fully saturated rings. The molecule has 3 atom stereocenters. The third kappa shape index (κ3) is 2.85. The van der Waals surface area contributed by atoms with Crippen molar-refractivity contribution in [3.8, 4) is 0 Å². The van der Waals surface area contributed by atoms with Crippen molar-refractivity contribution in [2.45, 2.75) is 70.9 Å². The molecule has 112 valence electrons. The predicted octanol–water partition coefficient (Wildman–Crippen LogP) is 4.52. The molecule has 0 heterocycles. The Morgan fingerprint density at radius 1 is 1.05 bits per heavy atom. The molecule has 2 nitrogen and oxygen atoms in total. The van der Waals surface area contributed by atoms with Crippen LogP contribution >= 0.6 is 0 Å². The first-order valence-electron chi connectivity index (χ1n) is 7.74. The van der Waals surface area contributed by atoms with E-state index < -0.39 is 5.60 Å². The summed E-state index contributed by atoms with van der Waals surface area (Å²) in [5.41, 5.74) is 1.96. The van der Waals surface area contributed by atoms with E-state index in [1.807, 2.05) is 0 Å². The van der Waals surface area contributed by atoms with Crippen LogP contribution < -0.4 is 5.32 Å². The molecule has 0 amide bonds. The van der Waals surface area contributed by atoms with Crippen LogP contribution in [0.2, 0.25) is 0 Å². The van der Waals surface area contributed by atoms with Gasteiger partial charge in [-0.2, -0.15) is 0 Å². The summed E-state index contributed by atoms with van der Waals surface area (Å²) in [6.07, 6.45) is 8.22. The number of hydrogen-bond donors (Lipinski definition) is 2. The highest BCUT2D eigenvalue weighted by Gasteiger charge is 2.47. The summed E-state index contributed by atoms with van der Waals surface area (Å²) in [5.74, 6) is 0.512. The highest BCUT2D eigenvalue weighted by molar-refractivity contribution is 5.46. The Kier molecular flexibility index (Phi) is 4.74. The third-order valence-electron chi connectivity index (χ3n) is 5.13. The Hall–Kier alpha value is -1.02. The monoisotopic (exact) mass is 275 g/mol. The van der Waals surface area contributed by atoms with Crippen molar-refractivity contribution in [2.24, 2.45) is 5.92 Å². The van der Waals surface area contributed by atoms with Gasteiger partial charge in [-0.15, -0.1) is 0 Å². The molecule has 2 aliphatic carbocycles. The summed E-state index contributed by atoms with van der Waals surface area (Å²) >= 11 is 0. The summed E-state index contributed by atoms with van der Waals surface area (Å²) < 4.78 is 0. The van der Waals surface area contributed by atoms with E-state index in [4.69, 9.17) is 0 Å². The minimum Gasteiger partial charge on any atom is -0.387 e. The lowest BCUT2D eigenvalue weighted by Gasteiger charge is -2.49. The molecule has 0 saturated heterocycles. The molecule has 0 aliphatic heterocycles. The molecule has 2 saturated carbocycles. The molecule has 2 aliphatic rings. The Balaban J connectivity index is 0.00000147. The van der Waals surface area contributed by atoms with Crippen LogP contribution in [0.4, 0.5) is 5.69 Å². The average molecular weight is 275 g/mol. The zero-order valence-electron chi connectivity index (χ0n) is 11.9. The molecule has 20 heavy (non-hydrogen) atoms. The number of hydrogen-bond acceptors (Lipinski definition) is 2. The van der Waals surface area contributed by atoms with Crippen molar-refractivity contribution in [3.63, 3.8) is 0 Å². The zero-order valence-corrected chi connectivity index (χ0v) is 11.9. The summed E-state index contributed by atoms with van der Waals surface area (Å²) in [5, 5.41) is 14.7. The lowest BCUT2D eigenvalue weighted by Crippen LogP contribution is -2.56. The van der Waals surface area contributed by atoms with Crippen molar-refractivity contribution in [2.75, 3.05) is 5.32 Å². The van der Waals surface area contributed by atoms with E-state index in [9.17, 15) is 5.11 Å². The highest BCUT2D eigenvalue weighted by Crippen LogP contribution is 2.44. The lowest BCUT2D eigenvalue weighted by atomic mass is 9.65. The van der Waals surface area contributed by atoms with Crippen LogP contribution in [0.1, 0.15) is 57.9 Å². The van der Waals surface area contributed by atoms with Gasteiger partial charge in [-0.05, 0) is 50.7 Å². The lowest BCUT2D eigenvalue weighted by molar-refractivity contribution is -0.0835. The van der Waals surface area contributed by atoms with Gasteiger partial charge < -0.3 is 10.4 Å². The fourth-order valence-electron chi connectivity index (χ4n) is 3.97. The summed E-state index contributed by atoms with van der Waals surface area (Å²) in [6, 6.07) is 8.76. The Labute approximate surface area is 123 Å². The van der Waals surface area contributed by atoms with Gasteiger partial charge in [-0.25, -0.2) is 0 Å². The van der Waals surface area contributed by atoms with Gasteiger partial charge in [0.25, 0.3) is 0 Å². The van der Waals surface area contributed by atoms with E-state index in [-0.39, 0.29) is 13.5 Å². The standard InChI is InChI=1S/C17H25NO.CH4/c1-13-8-10-15(11-9-13)18-16-7-4-6-14-5-2-3-12-17(14,16)19;/h8-11,14,16,18-19H,2-7,12H2,1H3;1H4/t14-,16+,17+;/m1./s1. The van der Waals surface area contributed by atoms with E-state index in [0.717, 1.165) is 18.5 Å². The van der Waals surface area contributed by atoms with Gasteiger partial charge in [0.1, 0.15) is 0 Å². The maximum Gasteiger partial charge on any atom is 0.0875 e. The third-order valence-corrected chi connectivity index (χ3v) is 5.13. The van der Waals surface area contributed by atoms with Crippen molar-refractivity contribution in [1.82, 2.24) is 0 Å². The number of benzene rings is 1. The number of aliphatic hydroxyl groups is 1. The van der Waals surface area contributed by atoms with Crippen LogP contribution in [0.15, 0.2) is 24.3 Å². The second-order valence-corrected chi connectivity index (χ2v) is 6.43. The van der Waals surface area contributed by atoms with Crippen LogP contribution in [0.3, 0.4) is 0 Å². The summed E-state index contributed by atoms with van der Waals surface area (Å²) in [6.45, 7) is 2.11. The predicted molar refractivity (Wildman–Crippen MR) is 86.1 cm³/mol. The van der Waals surface area contributed by atoms with Crippen LogP contribution in [0, 0.1) is 12.8 Å². The zero-order chi connectivity index (χ0) is 13.3. The molecular weight excluding hydrogens is 246 g/mol. The maximum absolute atomic E-state index is 11.1. The SMILES string of the molecule is C.Cc1ccc(N[C@H]2CCC[C@H]3CCCC[C@]32O)cc1. The van der Waals surface area contributed by atoms with Gasteiger partial charge in [0.05, 0.1) is 11.6 Å². The van der Waals surface area contributed by atoms with Crippen LogP contribution in [-0.2, 0) is 0 Å². The molecule has 2 heteroatoms. The molecular formula is C18H29NO. The number of anilines is 1. The fourth-order valence-corrected chi connectivity index (χ4v) is 3.97.